The number of halogens is 1. The number of anilines is 2. The Bertz CT molecular complexity index is 945. The van der Waals surface area contributed by atoms with Crippen LogP contribution in [0.4, 0.5) is 15.9 Å². The molecule has 2 aromatic rings. The van der Waals surface area contributed by atoms with Crippen molar-refractivity contribution in [3.8, 4) is 0 Å². The molecular formula is C22H29FN4O2S2. The summed E-state index contributed by atoms with van der Waals surface area (Å²) in [5, 5.41) is 13.5. The summed E-state index contributed by atoms with van der Waals surface area (Å²) in [4.78, 5) is 10.5. The van der Waals surface area contributed by atoms with E-state index in [0.717, 1.165) is 47.9 Å². The van der Waals surface area contributed by atoms with Crippen LogP contribution < -0.4 is 10.6 Å². The van der Waals surface area contributed by atoms with Crippen LogP contribution >= 0.6 is 0 Å². The summed E-state index contributed by atoms with van der Waals surface area (Å²) in [5.74, 6) is 2.07. The van der Waals surface area contributed by atoms with E-state index in [1.807, 2.05) is 19.2 Å². The molecule has 31 heavy (non-hydrogen) atoms. The molecule has 0 bridgehead atoms. The summed E-state index contributed by atoms with van der Waals surface area (Å²) in [5.41, 5.74) is 3.17. The average molecular weight is 465 g/mol. The minimum atomic E-state index is -0.220. The smallest absolute Gasteiger partial charge is 0.293 e. The van der Waals surface area contributed by atoms with E-state index >= 15 is 0 Å². The molecule has 3 atom stereocenters. The first-order valence-electron chi connectivity index (χ1n) is 10.8. The Morgan fingerprint density at radius 2 is 2.13 bits per heavy atom. The third-order valence-electron chi connectivity index (χ3n) is 6.41. The number of fused-ring (bicyclic) bond motifs is 1. The molecule has 6 nitrogen and oxygen atoms in total. The van der Waals surface area contributed by atoms with E-state index < -0.39 is 0 Å². The molecule has 1 aromatic heterocycles. The van der Waals surface area contributed by atoms with E-state index in [0.29, 0.717) is 23.7 Å². The number of hydrogen-bond acceptors (Lipinski definition) is 6. The lowest BCUT2D eigenvalue weighted by atomic mass is 9.94. The third-order valence-corrected chi connectivity index (χ3v) is 8.36. The van der Waals surface area contributed by atoms with Crippen LogP contribution in [0.25, 0.3) is 0 Å². The molecule has 1 aliphatic heterocycles. The fourth-order valence-corrected chi connectivity index (χ4v) is 6.39. The molecular weight excluding hydrogens is 435 g/mol. The summed E-state index contributed by atoms with van der Waals surface area (Å²) >= 11 is 5.32. The molecule has 2 fully saturated rings. The standard InChI is InChI=1S/C17H18FN3O2S2.C5H11N/c18-17-13-8-25(24)7-11(13)2-4-14(17)19-16-6-15(20-21-16)10-1-3-12(5-10)23-9-22;1-6-5-3-2-4-5/h2,4,6,9-10,12H,1,3,5,7-8H2,(H2,19,20,21);5-6H,2-4H2,1H3. The molecule has 1 aromatic carbocycles. The van der Waals surface area contributed by atoms with Crippen molar-refractivity contribution < 1.29 is 13.9 Å². The van der Waals surface area contributed by atoms with Gasteiger partial charge in [-0.3, -0.25) is 9.89 Å². The van der Waals surface area contributed by atoms with Crippen LogP contribution in [0.2, 0.25) is 0 Å². The second-order valence-corrected chi connectivity index (χ2v) is 11.3. The summed E-state index contributed by atoms with van der Waals surface area (Å²) in [7, 11) is 1.85. The van der Waals surface area contributed by atoms with Crippen LogP contribution in [-0.2, 0) is 41.7 Å². The Hall–Kier alpha value is -1.84. The summed E-state index contributed by atoms with van der Waals surface area (Å²) in [6.07, 6.45) is 6.79. The van der Waals surface area contributed by atoms with Gasteiger partial charge < -0.3 is 15.4 Å². The number of ether oxygens (including phenoxy) is 1. The molecule has 0 amide bonds. The molecule has 0 radical (unpaired) electrons. The van der Waals surface area contributed by atoms with Crippen LogP contribution in [0.15, 0.2) is 18.2 Å². The zero-order valence-electron chi connectivity index (χ0n) is 17.7. The van der Waals surface area contributed by atoms with Crippen molar-refractivity contribution in [1.82, 2.24) is 15.5 Å². The van der Waals surface area contributed by atoms with E-state index in [2.05, 4.69) is 20.8 Å². The molecule has 5 rings (SSSR count). The number of carbonyl (C=O) groups excluding carboxylic acids is 1. The first-order valence-corrected chi connectivity index (χ1v) is 13.3. The lowest BCUT2D eigenvalue weighted by molar-refractivity contribution is -0.133. The largest absolute Gasteiger partial charge is 0.465 e. The quantitative estimate of drug-likeness (QED) is 0.562. The molecule has 2 heterocycles. The molecule has 0 spiro atoms. The Morgan fingerprint density at radius 3 is 2.81 bits per heavy atom. The number of benzene rings is 1. The number of carbonyl (C=O) groups is 1. The number of hydrogen-bond donors (Lipinski definition) is 3. The van der Waals surface area contributed by atoms with Gasteiger partial charge in [-0.2, -0.15) is 5.10 Å². The van der Waals surface area contributed by atoms with Gasteiger partial charge in [-0.25, -0.2) is 4.39 Å². The highest BCUT2D eigenvalue weighted by molar-refractivity contribution is 8.28. The first-order chi connectivity index (χ1) is 15.1. The van der Waals surface area contributed by atoms with Gasteiger partial charge in [-0.15, -0.1) is 9.45 Å². The Morgan fingerprint density at radius 1 is 1.29 bits per heavy atom. The molecule has 168 valence electrons. The number of rotatable bonds is 6. The zero-order chi connectivity index (χ0) is 21.8. The van der Waals surface area contributed by atoms with Gasteiger partial charge in [-0.05, 0) is 50.8 Å². The molecule has 9 heteroatoms. The van der Waals surface area contributed by atoms with Gasteiger partial charge in [0.1, 0.15) is 6.10 Å². The van der Waals surface area contributed by atoms with Gasteiger partial charge in [0, 0.05) is 40.8 Å². The summed E-state index contributed by atoms with van der Waals surface area (Å²) in [6, 6.07) is 6.47. The summed E-state index contributed by atoms with van der Waals surface area (Å²) < 4.78 is 19.7. The fraction of sp³-hybridized carbons (Fsp3) is 0.545. The third kappa shape index (κ3) is 5.32. The van der Waals surface area contributed by atoms with Gasteiger partial charge in [0.15, 0.2) is 11.6 Å². The number of aromatic amines is 1. The maximum atomic E-state index is 14.7. The molecule has 2 saturated carbocycles. The SMILES string of the molecule is CNC1CCC1.O=COC1CCC(c2cc(Nc3ccc4c(c3F)CS(=S)C4)n[nH]2)C1. The van der Waals surface area contributed by atoms with E-state index in [4.69, 9.17) is 15.9 Å². The molecule has 0 saturated heterocycles. The number of H-pyrrole nitrogens is 1. The Balaban J connectivity index is 0.000000334. The highest BCUT2D eigenvalue weighted by Crippen LogP contribution is 2.36. The maximum absolute atomic E-state index is 14.7. The maximum Gasteiger partial charge on any atom is 0.293 e. The van der Waals surface area contributed by atoms with Gasteiger partial charge in [0.05, 0.1) is 5.69 Å². The second kappa shape index (κ2) is 10.2. The summed E-state index contributed by atoms with van der Waals surface area (Å²) in [6.45, 7) is 0.511. The predicted octanol–water partition coefficient (Wildman–Crippen LogP) is 3.95. The van der Waals surface area contributed by atoms with Gasteiger partial charge in [0.2, 0.25) is 0 Å². The van der Waals surface area contributed by atoms with Crippen molar-refractivity contribution in [2.24, 2.45) is 0 Å². The Labute approximate surface area is 189 Å². The first kappa shape index (κ1) is 22.4. The van der Waals surface area contributed by atoms with Crippen molar-refractivity contribution in [3.05, 3.63) is 40.8 Å². The van der Waals surface area contributed by atoms with Crippen LogP contribution in [0.3, 0.4) is 0 Å². The molecule has 2 aliphatic carbocycles. The lowest BCUT2D eigenvalue weighted by Gasteiger charge is -2.23. The van der Waals surface area contributed by atoms with Crippen molar-refractivity contribution in [2.75, 3.05) is 12.4 Å². The van der Waals surface area contributed by atoms with Crippen molar-refractivity contribution in [3.63, 3.8) is 0 Å². The normalized spacial score (nSPS) is 24.6. The van der Waals surface area contributed by atoms with Gasteiger partial charge in [-0.1, -0.05) is 23.7 Å². The minimum absolute atomic E-state index is 0.0245. The lowest BCUT2D eigenvalue weighted by Crippen LogP contribution is -2.31. The Kier molecular flexibility index (Phi) is 7.35. The highest BCUT2D eigenvalue weighted by atomic mass is 32.8. The van der Waals surface area contributed by atoms with Crippen LogP contribution in [0.5, 0.6) is 0 Å². The van der Waals surface area contributed by atoms with Gasteiger partial charge >= 0.3 is 0 Å². The monoisotopic (exact) mass is 464 g/mol. The number of aromatic nitrogens is 2. The highest BCUT2D eigenvalue weighted by Gasteiger charge is 2.28. The van der Waals surface area contributed by atoms with E-state index in [-0.39, 0.29) is 27.3 Å². The van der Waals surface area contributed by atoms with Crippen molar-refractivity contribution in [2.45, 2.75) is 68.1 Å². The van der Waals surface area contributed by atoms with Crippen molar-refractivity contribution in [1.29, 1.82) is 0 Å². The van der Waals surface area contributed by atoms with E-state index in [1.54, 1.807) is 6.07 Å². The molecule has 3 unspecified atom stereocenters. The van der Waals surface area contributed by atoms with E-state index in [9.17, 15) is 9.18 Å². The number of nitrogens with zero attached hydrogens (tertiary/aromatic N) is 1. The van der Waals surface area contributed by atoms with Crippen LogP contribution in [0.1, 0.15) is 61.3 Å². The number of nitrogens with one attached hydrogen (secondary N) is 3. The average Bonchev–Trinajstić information content (AvgIpc) is 3.44. The van der Waals surface area contributed by atoms with Crippen LogP contribution in [-0.4, -0.2) is 35.9 Å². The predicted molar refractivity (Wildman–Crippen MR) is 125 cm³/mol. The van der Waals surface area contributed by atoms with Crippen LogP contribution in [0, 0.1) is 5.82 Å². The van der Waals surface area contributed by atoms with Gasteiger partial charge in [0.25, 0.3) is 6.47 Å². The topological polar surface area (TPSA) is 79.0 Å². The fourth-order valence-electron chi connectivity index (χ4n) is 4.30. The molecule has 3 aliphatic rings. The second-order valence-electron chi connectivity index (χ2n) is 8.41. The van der Waals surface area contributed by atoms with Crippen molar-refractivity contribution >= 4 is 38.6 Å². The van der Waals surface area contributed by atoms with E-state index in [1.165, 1.54) is 19.3 Å². The zero-order valence-corrected chi connectivity index (χ0v) is 19.3. The molecule has 3 N–H and O–H groups in total. The minimum Gasteiger partial charge on any atom is -0.465 e.